The third kappa shape index (κ3) is 3.47. The van der Waals surface area contributed by atoms with Gasteiger partial charge in [-0.05, 0) is 44.1 Å². The molecule has 3 nitrogen and oxygen atoms in total. The molecule has 1 aliphatic carbocycles. The van der Waals surface area contributed by atoms with Gasteiger partial charge in [0.05, 0.1) is 6.04 Å². The highest BCUT2D eigenvalue weighted by Crippen LogP contribution is 2.30. The smallest absolute Gasteiger partial charge is 0.237 e. The van der Waals surface area contributed by atoms with Gasteiger partial charge in [0.15, 0.2) is 0 Å². The molecule has 18 heavy (non-hydrogen) atoms. The Morgan fingerprint density at radius 3 is 2.56 bits per heavy atom. The molecule has 2 fully saturated rings. The van der Waals surface area contributed by atoms with Gasteiger partial charge in [-0.15, -0.1) is 0 Å². The van der Waals surface area contributed by atoms with E-state index in [1.165, 1.54) is 38.5 Å². The van der Waals surface area contributed by atoms with E-state index < -0.39 is 0 Å². The van der Waals surface area contributed by atoms with E-state index in [1.54, 1.807) is 7.05 Å². The minimum Gasteiger partial charge on any atom is -0.358 e. The molecule has 0 aromatic rings. The standard InChI is InChI=1S/C15H28N2O/c1-12-6-8-13(9-7-12)11-17-10-4-3-5-14(17)15(18)16-2/h12-14H,3-11H2,1-2H3,(H,16,18)/t12?,13?,14-/m1/s1. The molecule has 0 radical (unpaired) electrons. The minimum absolute atomic E-state index is 0.142. The van der Waals surface area contributed by atoms with Gasteiger partial charge in [-0.1, -0.05) is 26.2 Å². The first-order chi connectivity index (χ1) is 8.70. The molecule has 1 heterocycles. The Morgan fingerprint density at radius 1 is 1.17 bits per heavy atom. The zero-order valence-corrected chi connectivity index (χ0v) is 12.0. The Bertz CT molecular complexity index is 272. The number of amides is 1. The average Bonchev–Trinajstić information content (AvgIpc) is 2.41. The summed E-state index contributed by atoms with van der Waals surface area (Å²) in [6.45, 7) is 4.62. The Labute approximate surface area is 111 Å². The van der Waals surface area contributed by atoms with Crippen LogP contribution in [0.15, 0.2) is 0 Å². The number of piperidine rings is 1. The van der Waals surface area contributed by atoms with Crippen molar-refractivity contribution in [3.8, 4) is 0 Å². The summed E-state index contributed by atoms with van der Waals surface area (Å²) in [6.07, 6.45) is 8.98. The monoisotopic (exact) mass is 252 g/mol. The lowest BCUT2D eigenvalue weighted by Gasteiger charge is -2.38. The molecule has 0 unspecified atom stereocenters. The van der Waals surface area contributed by atoms with Crippen molar-refractivity contribution in [1.29, 1.82) is 0 Å². The van der Waals surface area contributed by atoms with Gasteiger partial charge in [0, 0.05) is 13.6 Å². The van der Waals surface area contributed by atoms with Crippen molar-refractivity contribution < 1.29 is 4.79 Å². The van der Waals surface area contributed by atoms with Crippen LogP contribution in [0.3, 0.4) is 0 Å². The van der Waals surface area contributed by atoms with Crippen molar-refractivity contribution in [2.24, 2.45) is 11.8 Å². The minimum atomic E-state index is 0.142. The summed E-state index contributed by atoms with van der Waals surface area (Å²) in [5, 5.41) is 2.83. The number of nitrogens with one attached hydrogen (secondary N) is 1. The maximum absolute atomic E-state index is 11.9. The molecule has 1 N–H and O–H groups in total. The van der Waals surface area contributed by atoms with Gasteiger partial charge in [0.1, 0.15) is 0 Å². The zero-order chi connectivity index (χ0) is 13.0. The van der Waals surface area contributed by atoms with E-state index in [4.69, 9.17) is 0 Å². The van der Waals surface area contributed by atoms with Gasteiger partial charge in [-0.2, -0.15) is 0 Å². The normalized spacial score (nSPS) is 34.2. The van der Waals surface area contributed by atoms with E-state index in [1.807, 2.05) is 0 Å². The second kappa shape index (κ2) is 6.55. The molecular weight excluding hydrogens is 224 g/mol. The second-order valence-electron chi connectivity index (χ2n) is 6.25. The summed E-state index contributed by atoms with van der Waals surface area (Å²) in [7, 11) is 1.76. The maximum Gasteiger partial charge on any atom is 0.237 e. The summed E-state index contributed by atoms with van der Waals surface area (Å²) in [5.74, 6) is 1.96. The van der Waals surface area contributed by atoms with E-state index in [9.17, 15) is 4.79 Å². The number of hydrogen-bond donors (Lipinski definition) is 1. The molecule has 1 saturated heterocycles. The van der Waals surface area contributed by atoms with E-state index in [0.717, 1.165) is 31.3 Å². The lowest BCUT2D eigenvalue weighted by molar-refractivity contribution is -0.127. The molecule has 0 aromatic carbocycles. The average molecular weight is 252 g/mol. The van der Waals surface area contributed by atoms with Crippen LogP contribution < -0.4 is 5.32 Å². The van der Waals surface area contributed by atoms with Crippen molar-refractivity contribution in [1.82, 2.24) is 10.2 Å². The van der Waals surface area contributed by atoms with Gasteiger partial charge in [-0.25, -0.2) is 0 Å². The van der Waals surface area contributed by atoms with Gasteiger partial charge < -0.3 is 5.32 Å². The van der Waals surface area contributed by atoms with Gasteiger partial charge in [-0.3, -0.25) is 9.69 Å². The third-order valence-corrected chi connectivity index (χ3v) is 4.79. The first-order valence-electron chi connectivity index (χ1n) is 7.66. The van der Waals surface area contributed by atoms with E-state index >= 15 is 0 Å². The number of carbonyl (C=O) groups is 1. The topological polar surface area (TPSA) is 32.3 Å². The van der Waals surface area contributed by atoms with Crippen molar-refractivity contribution in [3.63, 3.8) is 0 Å². The van der Waals surface area contributed by atoms with Crippen LogP contribution in [0.25, 0.3) is 0 Å². The summed E-state index contributed by atoms with van der Waals surface area (Å²) in [5.41, 5.74) is 0. The fourth-order valence-electron chi connectivity index (χ4n) is 3.52. The predicted octanol–water partition coefficient (Wildman–Crippen LogP) is 2.41. The van der Waals surface area contributed by atoms with Gasteiger partial charge in [0.25, 0.3) is 0 Å². The molecule has 0 bridgehead atoms. The molecule has 2 rings (SSSR count). The molecule has 104 valence electrons. The zero-order valence-electron chi connectivity index (χ0n) is 12.0. The summed E-state index contributed by atoms with van der Waals surface area (Å²) < 4.78 is 0. The summed E-state index contributed by atoms with van der Waals surface area (Å²) in [6, 6.07) is 0.142. The third-order valence-electron chi connectivity index (χ3n) is 4.79. The highest BCUT2D eigenvalue weighted by molar-refractivity contribution is 5.81. The first-order valence-corrected chi connectivity index (χ1v) is 7.66. The highest BCUT2D eigenvalue weighted by atomic mass is 16.2. The van der Waals surface area contributed by atoms with Crippen LogP contribution >= 0.6 is 0 Å². The highest BCUT2D eigenvalue weighted by Gasteiger charge is 2.30. The van der Waals surface area contributed by atoms with E-state index in [-0.39, 0.29) is 11.9 Å². The fraction of sp³-hybridized carbons (Fsp3) is 0.933. The number of nitrogens with zero attached hydrogens (tertiary/aromatic N) is 1. The first kappa shape index (κ1) is 13.9. The maximum atomic E-state index is 11.9. The summed E-state index contributed by atoms with van der Waals surface area (Å²) >= 11 is 0. The van der Waals surface area contributed by atoms with Gasteiger partial charge >= 0.3 is 0 Å². The Kier molecular flexibility index (Phi) is 5.04. The largest absolute Gasteiger partial charge is 0.358 e. The molecule has 1 aliphatic heterocycles. The van der Waals surface area contributed by atoms with Crippen LogP contribution in [-0.2, 0) is 4.79 Å². The van der Waals surface area contributed by atoms with Crippen molar-refractivity contribution in [2.45, 2.75) is 57.9 Å². The molecule has 3 heteroatoms. The number of hydrogen-bond acceptors (Lipinski definition) is 2. The van der Waals surface area contributed by atoms with Crippen LogP contribution in [-0.4, -0.2) is 37.0 Å². The molecule has 0 aromatic heterocycles. The van der Waals surface area contributed by atoms with E-state index in [2.05, 4.69) is 17.1 Å². The van der Waals surface area contributed by atoms with Crippen LogP contribution in [0.2, 0.25) is 0 Å². The van der Waals surface area contributed by atoms with Crippen molar-refractivity contribution in [2.75, 3.05) is 20.1 Å². The Morgan fingerprint density at radius 2 is 1.89 bits per heavy atom. The molecule has 1 saturated carbocycles. The molecular formula is C15H28N2O. The number of carbonyl (C=O) groups excluding carboxylic acids is 1. The molecule has 2 aliphatic rings. The Balaban J connectivity index is 1.87. The second-order valence-corrected chi connectivity index (χ2v) is 6.25. The SMILES string of the molecule is CNC(=O)[C@H]1CCCCN1CC1CCC(C)CC1. The fourth-order valence-corrected chi connectivity index (χ4v) is 3.52. The van der Waals surface area contributed by atoms with Crippen LogP contribution in [0.1, 0.15) is 51.9 Å². The Hall–Kier alpha value is -0.570. The predicted molar refractivity (Wildman–Crippen MR) is 74.4 cm³/mol. The number of rotatable bonds is 3. The molecule has 1 atom stereocenters. The number of likely N-dealkylation sites (tertiary alicyclic amines) is 1. The lowest BCUT2D eigenvalue weighted by Crippen LogP contribution is -2.50. The van der Waals surface area contributed by atoms with Crippen LogP contribution in [0.5, 0.6) is 0 Å². The lowest BCUT2D eigenvalue weighted by atomic mass is 9.82. The quantitative estimate of drug-likeness (QED) is 0.836. The van der Waals surface area contributed by atoms with E-state index in [0.29, 0.717) is 0 Å². The van der Waals surface area contributed by atoms with Crippen molar-refractivity contribution in [3.05, 3.63) is 0 Å². The van der Waals surface area contributed by atoms with Crippen LogP contribution in [0.4, 0.5) is 0 Å². The summed E-state index contributed by atoms with van der Waals surface area (Å²) in [4.78, 5) is 14.4. The van der Waals surface area contributed by atoms with Gasteiger partial charge in [0.2, 0.25) is 5.91 Å². The van der Waals surface area contributed by atoms with Crippen molar-refractivity contribution >= 4 is 5.91 Å². The van der Waals surface area contributed by atoms with Crippen LogP contribution in [0, 0.1) is 11.8 Å². The molecule has 1 amide bonds. The number of likely N-dealkylation sites (N-methyl/N-ethyl adjacent to an activating group) is 1. The molecule has 0 spiro atoms.